The lowest BCUT2D eigenvalue weighted by Gasteiger charge is -2.05. The molecule has 0 fully saturated rings. The molecule has 0 aliphatic rings. The van der Waals surface area contributed by atoms with Gasteiger partial charge in [0.1, 0.15) is 5.82 Å². The van der Waals surface area contributed by atoms with E-state index in [-0.39, 0.29) is 11.7 Å². The number of fused-ring (bicyclic) bond motifs is 4. The van der Waals surface area contributed by atoms with Gasteiger partial charge in [-0.05, 0) is 60.5 Å². The third-order valence-electron chi connectivity index (χ3n) is 5.85. The van der Waals surface area contributed by atoms with E-state index >= 15 is 0 Å². The molecule has 0 bridgehead atoms. The zero-order valence-corrected chi connectivity index (χ0v) is 18.3. The molecule has 0 radical (unpaired) electrons. The highest BCUT2D eigenvalue weighted by atomic mass is 32.1. The smallest absolute Gasteiger partial charge is 0.251 e. The topological polar surface area (TPSA) is 62.2 Å². The number of nitrogens with one attached hydrogen (secondary N) is 2. The molecule has 0 aliphatic heterocycles. The molecule has 6 aromatic rings. The Hall–Kier alpha value is -3.97. The molecule has 3 aromatic carbocycles. The predicted octanol–water partition coefficient (Wildman–Crippen LogP) is 5.81. The molecule has 0 aliphatic carbocycles. The zero-order chi connectivity index (χ0) is 22.4. The van der Waals surface area contributed by atoms with E-state index in [2.05, 4.69) is 21.4 Å². The third-order valence-corrected chi connectivity index (χ3v) is 6.87. The number of hydrogen-bond donors (Lipinski definition) is 2. The number of benzene rings is 3. The maximum atomic E-state index is 13.2. The maximum Gasteiger partial charge on any atom is 0.251 e. The molecule has 3 aromatic heterocycles. The fourth-order valence-electron chi connectivity index (χ4n) is 4.15. The van der Waals surface area contributed by atoms with Gasteiger partial charge in [-0.15, -0.1) is 0 Å². The number of para-hydroxylation sites is 1. The highest BCUT2D eigenvalue weighted by Crippen LogP contribution is 2.30. The normalized spacial score (nSPS) is 11.5. The number of imidazole rings is 1. The summed E-state index contributed by atoms with van der Waals surface area (Å²) in [6, 6.07) is 20.2. The molecule has 0 saturated carbocycles. The molecule has 0 saturated heterocycles. The number of H-pyrrole nitrogens is 1. The Morgan fingerprint density at radius 3 is 2.82 bits per heavy atom. The number of amides is 1. The van der Waals surface area contributed by atoms with Crippen LogP contribution in [0.1, 0.15) is 15.9 Å². The van der Waals surface area contributed by atoms with Crippen LogP contribution in [0, 0.1) is 5.82 Å². The molecule has 0 unspecified atom stereocenters. The number of carbonyl (C=O) groups excluding carboxylic acids is 1. The van der Waals surface area contributed by atoms with Gasteiger partial charge in [0.05, 0.1) is 15.9 Å². The van der Waals surface area contributed by atoms with E-state index in [1.165, 1.54) is 34.4 Å². The molecular formula is C26H19FN4OS. The minimum Gasteiger partial charge on any atom is -0.361 e. The minimum absolute atomic E-state index is 0.0882. The van der Waals surface area contributed by atoms with E-state index in [0.717, 1.165) is 38.4 Å². The molecule has 162 valence electrons. The average Bonchev–Trinajstić information content (AvgIpc) is 3.52. The van der Waals surface area contributed by atoms with E-state index in [1.807, 2.05) is 53.2 Å². The van der Waals surface area contributed by atoms with Gasteiger partial charge in [0, 0.05) is 41.0 Å². The van der Waals surface area contributed by atoms with Crippen LogP contribution in [0.4, 0.5) is 4.39 Å². The van der Waals surface area contributed by atoms with Crippen molar-refractivity contribution in [2.24, 2.45) is 0 Å². The number of rotatable bonds is 5. The van der Waals surface area contributed by atoms with Gasteiger partial charge in [-0.3, -0.25) is 9.20 Å². The van der Waals surface area contributed by atoms with Crippen molar-refractivity contribution in [3.8, 4) is 11.3 Å². The van der Waals surface area contributed by atoms with Gasteiger partial charge >= 0.3 is 0 Å². The summed E-state index contributed by atoms with van der Waals surface area (Å²) in [6.07, 6.45) is 4.71. The summed E-state index contributed by atoms with van der Waals surface area (Å²) in [5, 5.41) is 4.22. The molecule has 1 amide bonds. The van der Waals surface area contributed by atoms with E-state index in [0.29, 0.717) is 12.1 Å². The molecule has 0 spiro atoms. The van der Waals surface area contributed by atoms with Crippen molar-refractivity contribution in [2.45, 2.75) is 6.42 Å². The largest absolute Gasteiger partial charge is 0.361 e. The van der Waals surface area contributed by atoms with E-state index in [1.54, 1.807) is 12.1 Å². The second-order valence-electron chi connectivity index (χ2n) is 7.94. The van der Waals surface area contributed by atoms with Gasteiger partial charge in [0.15, 0.2) is 4.96 Å². The van der Waals surface area contributed by atoms with Crippen LogP contribution in [0.25, 0.3) is 37.3 Å². The first-order chi connectivity index (χ1) is 16.2. The number of halogens is 1. The number of nitrogens with zero attached hydrogens (tertiary/aromatic N) is 2. The second kappa shape index (κ2) is 7.86. The van der Waals surface area contributed by atoms with Gasteiger partial charge < -0.3 is 10.3 Å². The Kier molecular flexibility index (Phi) is 4.69. The van der Waals surface area contributed by atoms with Crippen molar-refractivity contribution in [3.63, 3.8) is 0 Å². The summed E-state index contributed by atoms with van der Waals surface area (Å²) in [7, 11) is 0. The number of aromatic amines is 1. The van der Waals surface area contributed by atoms with Crippen molar-refractivity contribution in [2.75, 3.05) is 6.54 Å². The molecule has 7 heteroatoms. The molecule has 6 rings (SSSR count). The van der Waals surface area contributed by atoms with Gasteiger partial charge in [0.2, 0.25) is 0 Å². The third kappa shape index (κ3) is 3.56. The Labute approximate surface area is 192 Å². The number of hydrogen-bond acceptors (Lipinski definition) is 3. The van der Waals surface area contributed by atoms with Crippen molar-refractivity contribution in [1.29, 1.82) is 0 Å². The van der Waals surface area contributed by atoms with Gasteiger partial charge in [-0.25, -0.2) is 9.37 Å². The number of carbonyl (C=O) groups is 1. The first kappa shape index (κ1) is 19.7. The van der Waals surface area contributed by atoms with Crippen LogP contribution >= 0.6 is 11.3 Å². The van der Waals surface area contributed by atoms with E-state index in [4.69, 9.17) is 0 Å². The summed E-state index contributed by atoms with van der Waals surface area (Å²) in [4.78, 5) is 21.5. The molecule has 3 heterocycles. The molecule has 0 atom stereocenters. The zero-order valence-electron chi connectivity index (χ0n) is 17.5. The average molecular weight is 455 g/mol. The highest BCUT2D eigenvalue weighted by molar-refractivity contribution is 7.23. The van der Waals surface area contributed by atoms with Crippen LogP contribution in [0.15, 0.2) is 79.1 Å². The molecular weight excluding hydrogens is 435 g/mol. The van der Waals surface area contributed by atoms with Crippen molar-refractivity contribution in [3.05, 3.63) is 96.1 Å². The first-order valence-corrected chi connectivity index (χ1v) is 11.5. The Morgan fingerprint density at radius 2 is 1.94 bits per heavy atom. The van der Waals surface area contributed by atoms with Gasteiger partial charge in [-0.2, -0.15) is 0 Å². The first-order valence-electron chi connectivity index (χ1n) is 10.7. The molecule has 33 heavy (non-hydrogen) atoms. The fourth-order valence-corrected chi connectivity index (χ4v) is 5.20. The van der Waals surface area contributed by atoms with Crippen LogP contribution in [-0.4, -0.2) is 26.8 Å². The van der Waals surface area contributed by atoms with Crippen LogP contribution in [0.5, 0.6) is 0 Å². The highest BCUT2D eigenvalue weighted by Gasteiger charge is 2.13. The van der Waals surface area contributed by atoms with Crippen LogP contribution < -0.4 is 5.32 Å². The van der Waals surface area contributed by atoms with E-state index in [9.17, 15) is 9.18 Å². The summed E-state index contributed by atoms with van der Waals surface area (Å²) < 4.78 is 16.2. The predicted molar refractivity (Wildman–Crippen MR) is 130 cm³/mol. The lowest BCUT2D eigenvalue weighted by molar-refractivity contribution is 0.0954. The maximum absolute atomic E-state index is 13.2. The monoisotopic (exact) mass is 454 g/mol. The standard InChI is InChI=1S/C26H19FN4OS/c27-19-8-5-16(6-9-19)22-15-31-23-10-7-17(13-24(23)33-26(31)30-22)25(32)28-12-11-18-14-29-21-4-2-1-3-20(18)21/h1-10,13-15,29H,11-12H2,(H,28,32). The lowest BCUT2D eigenvalue weighted by Crippen LogP contribution is -2.25. The van der Waals surface area contributed by atoms with Crippen molar-refractivity contribution < 1.29 is 9.18 Å². The Bertz CT molecular complexity index is 1630. The van der Waals surface area contributed by atoms with Crippen LogP contribution in [0.3, 0.4) is 0 Å². The summed E-state index contributed by atoms with van der Waals surface area (Å²) in [5.41, 5.74) is 5.58. The van der Waals surface area contributed by atoms with Crippen molar-refractivity contribution in [1.82, 2.24) is 19.7 Å². The second-order valence-corrected chi connectivity index (χ2v) is 8.94. The van der Waals surface area contributed by atoms with Gasteiger partial charge in [-0.1, -0.05) is 29.5 Å². The summed E-state index contributed by atoms with van der Waals surface area (Å²) >= 11 is 1.53. The van der Waals surface area contributed by atoms with Crippen molar-refractivity contribution >= 4 is 43.3 Å². The van der Waals surface area contributed by atoms with Crippen LogP contribution in [-0.2, 0) is 6.42 Å². The number of aromatic nitrogens is 3. The number of thiazole rings is 1. The Balaban J connectivity index is 1.19. The Morgan fingerprint density at radius 1 is 1.09 bits per heavy atom. The van der Waals surface area contributed by atoms with Crippen LogP contribution in [0.2, 0.25) is 0 Å². The molecule has 5 nitrogen and oxygen atoms in total. The quantitative estimate of drug-likeness (QED) is 0.345. The van der Waals surface area contributed by atoms with E-state index < -0.39 is 0 Å². The lowest BCUT2D eigenvalue weighted by atomic mass is 10.1. The van der Waals surface area contributed by atoms with Gasteiger partial charge in [0.25, 0.3) is 5.91 Å². The SMILES string of the molecule is O=C(NCCc1c[nH]c2ccccc12)c1ccc2c(c1)sc1nc(-c3ccc(F)cc3)cn12. The summed E-state index contributed by atoms with van der Waals surface area (Å²) in [6.45, 7) is 0.563. The fraction of sp³-hybridized carbons (Fsp3) is 0.0769. The summed E-state index contributed by atoms with van der Waals surface area (Å²) in [5.74, 6) is -0.354. The minimum atomic E-state index is -0.266. The molecule has 2 N–H and O–H groups in total.